The van der Waals surface area contributed by atoms with Gasteiger partial charge in [0.25, 0.3) is 0 Å². The average molecular weight is 803 g/mol. The smallest absolute Gasteiger partial charge is 0.0462 e. The van der Waals surface area contributed by atoms with Gasteiger partial charge in [-0.1, -0.05) is 188 Å². The van der Waals surface area contributed by atoms with E-state index in [1.165, 1.54) is 61.2 Å². The van der Waals surface area contributed by atoms with Crippen molar-refractivity contribution >= 4 is 39.5 Å². The minimum absolute atomic E-state index is 0.739. The molecule has 0 amide bonds. The molecule has 304 valence electrons. The third-order valence-corrected chi connectivity index (χ3v) is 11.4. The van der Waals surface area contributed by atoms with Gasteiger partial charge in [-0.05, 0) is 143 Å². The van der Waals surface area contributed by atoms with Crippen LogP contribution in [0.2, 0.25) is 0 Å². The predicted octanol–water partition coefficient (Wildman–Crippen LogP) is 16.5. The molecule has 1 aliphatic carbocycles. The molecule has 0 heterocycles. The summed E-state index contributed by atoms with van der Waals surface area (Å²) in [6.07, 6.45) is 23.0. The largest absolute Gasteiger partial charge is 0.382 e. The Morgan fingerprint density at radius 1 is 0.516 bits per heavy atom. The first-order chi connectivity index (χ1) is 30.6. The summed E-state index contributed by atoms with van der Waals surface area (Å²) in [5, 5.41) is 3.55. The molecule has 0 atom stereocenters. The van der Waals surface area contributed by atoms with Gasteiger partial charge in [0.1, 0.15) is 0 Å². The third-order valence-electron chi connectivity index (χ3n) is 11.4. The van der Waals surface area contributed by atoms with E-state index in [1.54, 1.807) is 0 Å². The van der Waals surface area contributed by atoms with Crippen LogP contribution in [0.4, 0.5) is 22.7 Å². The molecule has 1 N–H and O–H groups in total. The van der Waals surface area contributed by atoms with E-state index in [9.17, 15) is 0 Å². The van der Waals surface area contributed by atoms with Crippen LogP contribution in [0, 0.1) is 0 Å². The van der Waals surface area contributed by atoms with Gasteiger partial charge < -0.3 is 10.2 Å². The number of nitrogens with zero attached hydrogens (tertiary/aromatic N) is 1. The lowest BCUT2D eigenvalue weighted by atomic mass is 9.99. The lowest BCUT2D eigenvalue weighted by Gasteiger charge is -2.26. The summed E-state index contributed by atoms with van der Waals surface area (Å²) < 4.78 is 0. The standard InChI is InChI=1S/C60H54N2/c1-3-15-47(4-2)52-29-37-57(38-30-52)61-45-14-22-51(48-16-8-5-9-17-48)26-23-46-24-27-53(28-25-46)56-35-43-60(44-36-56)62(58-39-31-54(32-40-58)49-18-10-6-11-19-49)59-41-33-55(34-42-59)50-20-12-7-13-21-50/h3-6,8-12,14-22,24-44,61H,7,13,23,45H2,1-2H3/b15-3-,22-14-,47-4+,51-26+. The van der Waals surface area contributed by atoms with E-state index < -0.39 is 0 Å². The van der Waals surface area contributed by atoms with E-state index in [-0.39, 0.29) is 0 Å². The van der Waals surface area contributed by atoms with Crippen molar-refractivity contribution in [3.63, 3.8) is 0 Å². The van der Waals surface area contributed by atoms with Gasteiger partial charge in [-0.15, -0.1) is 0 Å². The molecule has 0 fully saturated rings. The highest BCUT2D eigenvalue weighted by Crippen LogP contribution is 2.38. The van der Waals surface area contributed by atoms with Gasteiger partial charge in [-0.25, -0.2) is 0 Å². The van der Waals surface area contributed by atoms with Crippen LogP contribution in [-0.4, -0.2) is 6.54 Å². The summed E-state index contributed by atoms with van der Waals surface area (Å²) in [5.74, 6) is 0. The monoisotopic (exact) mass is 802 g/mol. The number of allylic oxidation sites excluding steroid dienone is 11. The molecule has 0 bridgehead atoms. The van der Waals surface area contributed by atoms with E-state index in [0.29, 0.717) is 0 Å². The highest BCUT2D eigenvalue weighted by molar-refractivity contribution is 5.82. The molecule has 7 aromatic rings. The SMILES string of the molecule is C/C=C\C(=C/C)c1ccc(NC/C=C\C(=C/Cc2ccc(-c3ccc(N(c4ccc(C5=CCCC=C5)cc4)c4ccc(-c5ccccc5)cc4)cc3)cc2)c2ccccc2)cc1. The van der Waals surface area contributed by atoms with E-state index in [1.807, 2.05) is 0 Å². The molecule has 0 aliphatic heterocycles. The van der Waals surface area contributed by atoms with Crippen molar-refractivity contribution in [2.75, 3.05) is 16.8 Å². The van der Waals surface area contributed by atoms with Crippen molar-refractivity contribution in [1.82, 2.24) is 0 Å². The first-order valence-corrected chi connectivity index (χ1v) is 21.8. The average Bonchev–Trinajstić information content (AvgIpc) is 3.35. The zero-order valence-corrected chi connectivity index (χ0v) is 35.8. The lowest BCUT2D eigenvalue weighted by Crippen LogP contribution is -2.10. The Morgan fingerprint density at radius 2 is 1.05 bits per heavy atom. The maximum absolute atomic E-state index is 3.55. The second-order valence-corrected chi connectivity index (χ2v) is 15.5. The second kappa shape index (κ2) is 20.7. The summed E-state index contributed by atoms with van der Waals surface area (Å²) in [7, 11) is 0. The molecule has 0 spiro atoms. The van der Waals surface area contributed by atoms with Crippen molar-refractivity contribution in [3.8, 4) is 22.3 Å². The van der Waals surface area contributed by atoms with Crippen molar-refractivity contribution < 1.29 is 0 Å². The van der Waals surface area contributed by atoms with Crippen LogP contribution in [0.3, 0.4) is 0 Å². The van der Waals surface area contributed by atoms with Crippen LogP contribution in [-0.2, 0) is 6.42 Å². The van der Waals surface area contributed by atoms with Crippen LogP contribution in [0.15, 0.2) is 237 Å². The van der Waals surface area contributed by atoms with Gasteiger partial charge in [0.2, 0.25) is 0 Å². The zero-order valence-electron chi connectivity index (χ0n) is 35.8. The fourth-order valence-corrected chi connectivity index (χ4v) is 7.97. The van der Waals surface area contributed by atoms with Gasteiger partial charge in [-0.2, -0.15) is 0 Å². The van der Waals surface area contributed by atoms with Crippen LogP contribution < -0.4 is 10.2 Å². The first kappa shape index (κ1) is 41.3. The summed E-state index contributed by atoms with van der Waals surface area (Å²) in [6, 6.07) is 65.7. The van der Waals surface area contributed by atoms with Gasteiger partial charge >= 0.3 is 0 Å². The Labute approximate surface area is 369 Å². The second-order valence-electron chi connectivity index (χ2n) is 15.5. The van der Waals surface area contributed by atoms with Crippen LogP contribution in [0.5, 0.6) is 0 Å². The molecule has 62 heavy (non-hydrogen) atoms. The van der Waals surface area contributed by atoms with Gasteiger partial charge in [0, 0.05) is 29.3 Å². The Kier molecular flexibility index (Phi) is 13.8. The van der Waals surface area contributed by atoms with Gasteiger partial charge in [0.05, 0.1) is 0 Å². The fraction of sp³-hybridized carbons (Fsp3) is 0.100. The van der Waals surface area contributed by atoms with E-state index >= 15 is 0 Å². The van der Waals surface area contributed by atoms with E-state index in [2.05, 4.69) is 261 Å². The Morgan fingerprint density at radius 3 is 1.60 bits per heavy atom. The Balaban J connectivity index is 0.970. The summed E-state index contributed by atoms with van der Waals surface area (Å²) >= 11 is 0. The molecule has 0 unspecified atom stereocenters. The van der Waals surface area contributed by atoms with Crippen molar-refractivity contribution in [2.45, 2.75) is 33.1 Å². The number of hydrogen-bond donors (Lipinski definition) is 1. The molecular weight excluding hydrogens is 749 g/mol. The predicted molar refractivity (Wildman–Crippen MR) is 269 cm³/mol. The number of nitrogens with one attached hydrogen (secondary N) is 1. The van der Waals surface area contributed by atoms with Crippen molar-refractivity contribution in [1.29, 1.82) is 0 Å². The first-order valence-electron chi connectivity index (χ1n) is 21.8. The number of hydrogen-bond acceptors (Lipinski definition) is 2. The van der Waals surface area contributed by atoms with Crippen molar-refractivity contribution in [3.05, 3.63) is 259 Å². The summed E-state index contributed by atoms with van der Waals surface area (Å²) in [6.45, 7) is 4.87. The molecule has 1 aliphatic rings. The molecule has 8 rings (SSSR count). The van der Waals surface area contributed by atoms with Crippen LogP contribution >= 0.6 is 0 Å². The fourth-order valence-electron chi connectivity index (χ4n) is 7.97. The normalized spacial score (nSPS) is 13.1. The number of anilines is 4. The Bertz CT molecular complexity index is 2690. The maximum Gasteiger partial charge on any atom is 0.0462 e. The van der Waals surface area contributed by atoms with Crippen LogP contribution in [0.1, 0.15) is 48.9 Å². The highest BCUT2D eigenvalue weighted by atomic mass is 15.1. The lowest BCUT2D eigenvalue weighted by molar-refractivity contribution is 1.04. The summed E-state index contributed by atoms with van der Waals surface area (Å²) in [4.78, 5) is 2.35. The van der Waals surface area contributed by atoms with Crippen molar-refractivity contribution in [2.24, 2.45) is 0 Å². The van der Waals surface area contributed by atoms with E-state index in [4.69, 9.17) is 0 Å². The molecule has 0 saturated carbocycles. The number of rotatable bonds is 15. The summed E-state index contributed by atoms with van der Waals surface area (Å²) in [5.41, 5.74) is 18.0. The minimum atomic E-state index is 0.739. The molecule has 0 saturated heterocycles. The maximum atomic E-state index is 3.55. The Hall–Kier alpha value is -7.42. The zero-order chi connectivity index (χ0) is 42.4. The molecule has 0 aromatic heterocycles. The molecule has 2 nitrogen and oxygen atoms in total. The van der Waals surface area contributed by atoms with Gasteiger partial charge in [-0.3, -0.25) is 0 Å². The topological polar surface area (TPSA) is 15.3 Å². The molecule has 7 aromatic carbocycles. The number of benzene rings is 7. The van der Waals surface area contributed by atoms with Crippen LogP contribution in [0.25, 0.3) is 39.0 Å². The minimum Gasteiger partial charge on any atom is -0.382 e. The van der Waals surface area contributed by atoms with E-state index in [0.717, 1.165) is 48.6 Å². The van der Waals surface area contributed by atoms with Gasteiger partial charge in [0.15, 0.2) is 0 Å². The third kappa shape index (κ3) is 10.5. The molecule has 0 radical (unpaired) electrons. The molecular formula is C60H54N2. The quantitative estimate of drug-likeness (QED) is 0.104. The molecule has 2 heteroatoms. The highest BCUT2D eigenvalue weighted by Gasteiger charge is 2.14.